The third-order valence-electron chi connectivity index (χ3n) is 4.35. The van der Waals surface area contributed by atoms with Gasteiger partial charge in [0.2, 0.25) is 0 Å². The van der Waals surface area contributed by atoms with Gasteiger partial charge in [-0.25, -0.2) is 0 Å². The van der Waals surface area contributed by atoms with Crippen molar-refractivity contribution in [2.75, 3.05) is 0 Å². The highest BCUT2D eigenvalue weighted by Gasteiger charge is 2.22. The first-order valence-electron chi connectivity index (χ1n) is 10.1. The lowest BCUT2D eigenvalue weighted by Crippen LogP contribution is -2.11. The van der Waals surface area contributed by atoms with E-state index in [0.29, 0.717) is 22.3 Å². The van der Waals surface area contributed by atoms with Gasteiger partial charge in [-0.1, -0.05) is 74.8 Å². The summed E-state index contributed by atoms with van der Waals surface area (Å²) < 4.78 is 39.3. The lowest BCUT2D eigenvalue weighted by Gasteiger charge is -2.20. The van der Waals surface area contributed by atoms with Crippen LogP contribution in [0.1, 0.15) is 37.4 Å². The van der Waals surface area contributed by atoms with Crippen LogP contribution in [0.2, 0.25) is 0 Å². The Morgan fingerprint density at radius 1 is 0.917 bits per heavy atom. The highest BCUT2D eigenvalue weighted by Crippen LogP contribution is 2.41. The zero-order chi connectivity index (χ0) is 20.4. The molecule has 0 radical (unpaired) electrons. The van der Waals surface area contributed by atoms with Gasteiger partial charge < -0.3 is 4.42 Å². The average molecular weight is 318 g/mol. The highest BCUT2D eigenvalue weighted by atomic mass is 16.3. The third-order valence-corrected chi connectivity index (χ3v) is 4.35. The average Bonchev–Trinajstić information content (AvgIpc) is 3.03. The lowest BCUT2D eigenvalue weighted by molar-refractivity contribution is 0.594. The molecule has 24 heavy (non-hydrogen) atoms. The third kappa shape index (κ3) is 2.32. The second kappa shape index (κ2) is 5.24. The van der Waals surface area contributed by atoms with Crippen molar-refractivity contribution in [2.24, 2.45) is 0 Å². The summed E-state index contributed by atoms with van der Waals surface area (Å²) >= 11 is 0. The molecule has 0 saturated carbocycles. The van der Waals surface area contributed by atoms with E-state index in [4.69, 9.17) is 9.90 Å². The SMILES string of the molecule is [2H]c1c([2H])c(C)c([2H])c(-c2cccc3oc4cccc(C(C)(C)C)c4c23)c1[2H]. The molecule has 0 aliphatic carbocycles. The molecule has 0 saturated heterocycles. The van der Waals surface area contributed by atoms with E-state index in [1.54, 1.807) is 6.92 Å². The molecule has 0 spiro atoms. The van der Waals surface area contributed by atoms with E-state index in [0.717, 1.165) is 21.9 Å². The topological polar surface area (TPSA) is 13.1 Å². The molecule has 0 atom stereocenters. The summed E-state index contributed by atoms with van der Waals surface area (Å²) in [5.74, 6) is 0. The Hall–Kier alpha value is -2.54. The van der Waals surface area contributed by atoms with Crippen LogP contribution in [0.25, 0.3) is 33.1 Å². The van der Waals surface area contributed by atoms with Gasteiger partial charge in [0.1, 0.15) is 11.2 Å². The number of benzene rings is 3. The quantitative estimate of drug-likeness (QED) is 0.373. The second-order valence-corrected chi connectivity index (χ2v) is 7.21. The maximum Gasteiger partial charge on any atom is 0.136 e. The van der Waals surface area contributed by atoms with Crippen LogP contribution in [0.15, 0.2) is 65.0 Å². The van der Waals surface area contributed by atoms with E-state index in [1.807, 2.05) is 30.3 Å². The van der Waals surface area contributed by atoms with Gasteiger partial charge in [-0.15, -0.1) is 0 Å². The fourth-order valence-electron chi connectivity index (χ4n) is 3.27. The van der Waals surface area contributed by atoms with E-state index in [9.17, 15) is 0 Å². The Kier molecular flexibility index (Phi) is 2.42. The van der Waals surface area contributed by atoms with Gasteiger partial charge in [0.05, 0.1) is 5.48 Å². The molecule has 3 aromatic carbocycles. The van der Waals surface area contributed by atoms with Crippen LogP contribution in [0.5, 0.6) is 0 Å². The number of hydrogen-bond acceptors (Lipinski definition) is 1. The molecule has 0 aliphatic heterocycles. The van der Waals surface area contributed by atoms with Crippen LogP contribution in [0.4, 0.5) is 0 Å². The Labute approximate surface area is 148 Å². The predicted octanol–water partition coefficient (Wildman–Crippen LogP) is 6.86. The first-order chi connectivity index (χ1) is 13.1. The van der Waals surface area contributed by atoms with Crippen molar-refractivity contribution in [1.29, 1.82) is 0 Å². The van der Waals surface area contributed by atoms with Gasteiger partial charge in [0, 0.05) is 10.8 Å². The molecule has 0 bridgehead atoms. The van der Waals surface area contributed by atoms with Crippen LogP contribution in [0, 0.1) is 6.92 Å². The minimum Gasteiger partial charge on any atom is -0.456 e. The van der Waals surface area contributed by atoms with E-state index >= 15 is 0 Å². The first kappa shape index (κ1) is 11.1. The molecular weight excluding hydrogens is 292 g/mol. The number of rotatable bonds is 1. The minimum absolute atomic E-state index is 0.0571. The van der Waals surface area contributed by atoms with Crippen molar-refractivity contribution in [2.45, 2.75) is 33.1 Å². The molecule has 1 aromatic heterocycles. The summed E-state index contributed by atoms with van der Waals surface area (Å²) in [6, 6.07) is 11.5. The fourth-order valence-corrected chi connectivity index (χ4v) is 3.27. The molecule has 0 unspecified atom stereocenters. The molecule has 1 heteroatoms. The normalized spacial score (nSPS) is 14.5. The number of furan rings is 1. The minimum atomic E-state index is -0.149. The van der Waals surface area contributed by atoms with Crippen molar-refractivity contribution >= 4 is 21.9 Å². The largest absolute Gasteiger partial charge is 0.456 e. The Morgan fingerprint density at radius 3 is 2.38 bits per heavy atom. The van der Waals surface area contributed by atoms with Crippen molar-refractivity contribution in [3.63, 3.8) is 0 Å². The van der Waals surface area contributed by atoms with Crippen molar-refractivity contribution in [3.05, 3.63) is 71.7 Å². The van der Waals surface area contributed by atoms with Crippen LogP contribution < -0.4 is 0 Å². The van der Waals surface area contributed by atoms with Gasteiger partial charge in [-0.05, 0) is 41.2 Å². The molecule has 4 rings (SSSR count). The Bertz CT molecular complexity index is 1220. The first-order valence-corrected chi connectivity index (χ1v) is 8.15. The van der Waals surface area contributed by atoms with Crippen molar-refractivity contribution < 1.29 is 9.90 Å². The molecular formula is C23H22O. The second-order valence-electron chi connectivity index (χ2n) is 7.21. The van der Waals surface area contributed by atoms with Crippen molar-refractivity contribution in [1.82, 2.24) is 0 Å². The molecule has 120 valence electrons. The molecule has 0 aliphatic rings. The van der Waals surface area contributed by atoms with Gasteiger partial charge in [-0.2, -0.15) is 0 Å². The lowest BCUT2D eigenvalue weighted by atomic mass is 9.83. The van der Waals surface area contributed by atoms with Gasteiger partial charge in [0.15, 0.2) is 0 Å². The predicted molar refractivity (Wildman–Crippen MR) is 103 cm³/mol. The monoisotopic (exact) mass is 318 g/mol. The Balaban J connectivity index is 2.23. The van der Waals surface area contributed by atoms with E-state index in [1.165, 1.54) is 0 Å². The number of fused-ring (bicyclic) bond motifs is 3. The molecule has 0 N–H and O–H groups in total. The van der Waals surface area contributed by atoms with Crippen molar-refractivity contribution in [3.8, 4) is 11.1 Å². The van der Waals surface area contributed by atoms with E-state index in [2.05, 4.69) is 26.8 Å². The summed E-state index contributed by atoms with van der Waals surface area (Å²) in [7, 11) is 0. The molecule has 1 nitrogen and oxygen atoms in total. The highest BCUT2D eigenvalue weighted by molar-refractivity contribution is 6.14. The van der Waals surface area contributed by atoms with E-state index < -0.39 is 0 Å². The molecule has 1 heterocycles. The van der Waals surface area contributed by atoms with Gasteiger partial charge >= 0.3 is 0 Å². The summed E-state index contributed by atoms with van der Waals surface area (Å²) in [4.78, 5) is 0. The van der Waals surface area contributed by atoms with Crippen LogP contribution in [-0.4, -0.2) is 0 Å². The summed E-state index contributed by atoms with van der Waals surface area (Å²) in [6.45, 7) is 8.11. The van der Waals surface area contributed by atoms with Crippen LogP contribution in [0.3, 0.4) is 0 Å². The maximum atomic E-state index is 8.57. The standard InChI is InChI=1S/C23H22O/c1-15-8-5-9-16(14-15)17-10-6-12-19-21(17)22-18(23(2,3)4)11-7-13-20(22)24-19/h5-14H,1-4H3/i5D,8D,9D,14D. The van der Waals surface area contributed by atoms with E-state index in [-0.39, 0.29) is 29.6 Å². The zero-order valence-electron chi connectivity index (χ0n) is 18.4. The molecule has 0 fully saturated rings. The summed E-state index contributed by atoms with van der Waals surface area (Å²) in [5, 5.41) is 1.85. The van der Waals surface area contributed by atoms with Crippen LogP contribution in [-0.2, 0) is 5.41 Å². The Morgan fingerprint density at radius 2 is 1.62 bits per heavy atom. The zero-order valence-corrected chi connectivity index (χ0v) is 14.4. The number of hydrogen-bond donors (Lipinski definition) is 0. The van der Waals surface area contributed by atoms with Gasteiger partial charge in [-0.3, -0.25) is 0 Å². The maximum absolute atomic E-state index is 8.57. The van der Waals surface area contributed by atoms with Crippen LogP contribution >= 0.6 is 0 Å². The smallest absolute Gasteiger partial charge is 0.136 e. The van der Waals surface area contributed by atoms with Gasteiger partial charge in [0.25, 0.3) is 0 Å². The summed E-state index contributed by atoms with van der Waals surface area (Å²) in [6.07, 6.45) is 0. The fraction of sp³-hybridized carbons (Fsp3) is 0.217. The molecule has 0 amide bonds. The summed E-state index contributed by atoms with van der Waals surface area (Å²) in [5.41, 5.74) is 3.99. The molecule has 4 aromatic rings.